The average molecular weight is 489 g/mol. The summed E-state index contributed by atoms with van der Waals surface area (Å²) >= 11 is 3.28. The van der Waals surface area contributed by atoms with Crippen molar-refractivity contribution in [1.82, 2.24) is 5.32 Å². The van der Waals surface area contributed by atoms with Gasteiger partial charge in [-0.2, -0.15) is 0 Å². The second-order valence-electron chi connectivity index (χ2n) is 10.8. The number of rotatable bonds is 7. The van der Waals surface area contributed by atoms with E-state index in [4.69, 9.17) is 0 Å². The highest BCUT2D eigenvalue weighted by molar-refractivity contribution is 8.00. The molecule has 3 nitrogen and oxygen atoms in total. The summed E-state index contributed by atoms with van der Waals surface area (Å²) in [6.45, 7) is 6.60. The lowest BCUT2D eigenvalue weighted by atomic mass is 9.37. The molecule has 5 heteroatoms. The summed E-state index contributed by atoms with van der Waals surface area (Å²) in [6, 6.07) is 25.4. The molecule has 2 bridgehead atoms. The maximum absolute atomic E-state index is 13.4. The first-order valence-corrected chi connectivity index (χ1v) is 13.9. The Kier molecular flexibility index (Phi) is 5.97. The van der Waals surface area contributed by atoms with Crippen molar-refractivity contribution in [3.63, 3.8) is 0 Å². The minimum atomic E-state index is -0.0479. The van der Waals surface area contributed by atoms with Crippen molar-refractivity contribution in [2.75, 3.05) is 11.0 Å². The minimum absolute atomic E-state index is 0.00597. The first kappa shape index (κ1) is 23.4. The second kappa shape index (κ2) is 8.69. The molecule has 0 saturated heterocycles. The summed E-state index contributed by atoms with van der Waals surface area (Å²) in [5.41, 5.74) is 4.42. The van der Waals surface area contributed by atoms with E-state index in [0.29, 0.717) is 5.56 Å². The number of amides is 1. The zero-order valence-corrected chi connectivity index (χ0v) is 21.9. The fraction of sp³-hybridized carbons (Fsp3) is 0.345. The van der Waals surface area contributed by atoms with Gasteiger partial charge >= 0.3 is 0 Å². The van der Waals surface area contributed by atoms with Crippen molar-refractivity contribution in [2.45, 2.75) is 66.2 Å². The highest BCUT2D eigenvalue weighted by Crippen LogP contribution is 2.67. The zero-order valence-electron chi connectivity index (χ0n) is 20.3. The van der Waals surface area contributed by atoms with Gasteiger partial charge in [0.2, 0.25) is 0 Å². The largest absolute Gasteiger partial charge is 0.346 e. The van der Waals surface area contributed by atoms with Crippen molar-refractivity contribution < 1.29 is 4.79 Å². The van der Waals surface area contributed by atoms with Crippen LogP contribution in [0.2, 0.25) is 0 Å². The van der Waals surface area contributed by atoms with E-state index in [1.54, 1.807) is 23.7 Å². The van der Waals surface area contributed by atoms with Crippen molar-refractivity contribution in [1.29, 1.82) is 0 Å². The normalized spacial score (nSPS) is 22.9. The van der Waals surface area contributed by atoms with Crippen LogP contribution in [0.25, 0.3) is 0 Å². The van der Waals surface area contributed by atoms with E-state index in [2.05, 4.69) is 104 Å². The van der Waals surface area contributed by atoms with Crippen LogP contribution < -0.4 is 10.0 Å². The molecule has 176 valence electrons. The average Bonchev–Trinajstić information content (AvgIpc) is 2.79. The number of carbonyl (C=O) groups excluding carboxylic acids is 1. The Labute approximate surface area is 211 Å². The van der Waals surface area contributed by atoms with Crippen LogP contribution in [0.15, 0.2) is 82.6 Å². The predicted octanol–water partition coefficient (Wildman–Crippen LogP) is 7.43. The van der Waals surface area contributed by atoms with Crippen LogP contribution in [0.5, 0.6) is 0 Å². The third-order valence-electron chi connectivity index (χ3n) is 7.26. The van der Waals surface area contributed by atoms with E-state index >= 15 is 0 Å². The molecular formula is C29H32N2OS2. The first-order chi connectivity index (χ1) is 16.2. The maximum atomic E-state index is 13.4. The standard InChI is InChI=1S/C29H32N2OS2/c1-27(2,3)21-10-15-24(25(16-21)31-34-23-13-11-22(33-4)12-14-23)26(32)30-29-17-28(18-29,19-29)20-8-6-5-7-9-20/h5-16,31H,17-19H2,1-4H3,(H,30,32). The number of hydrogen-bond acceptors (Lipinski definition) is 4. The van der Waals surface area contributed by atoms with E-state index in [1.807, 2.05) is 6.07 Å². The van der Waals surface area contributed by atoms with Gasteiger partial charge < -0.3 is 10.0 Å². The van der Waals surface area contributed by atoms with Gasteiger partial charge in [-0.15, -0.1) is 11.8 Å². The van der Waals surface area contributed by atoms with E-state index in [1.165, 1.54) is 16.0 Å². The lowest BCUT2D eigenvalue weighted by molar-refractivity contribution is -0.0807. The van der Waals surface area contributed by atoms with Gasteiger partial charge in [0.05, 0.1) is 11.3 Å². The van der Waals surface area contributed by atoms with Gasteiger partial charge in [0.25, 0.3) is 5.91 Å². The van der Waals surface area contributed by atoms with Crippen LogP contribution >= 0.6 is 23.7 Å². The van der Waals surface area contributed by atoms with Gasteiger partial charge in [-0.25, -0.2) is 0 Å². The summed E-state index contributed by atoms with van der Waals surface area (Å²) in [5.74, 6) is 0.0163. The summed E-state index contributed by atoms with van der Waals surface area (Å²) in [6.07, 6.45) is 5.19. The first-order valence-electron chi connectivity index (χ1n) is 11.8. The fourth-order valence-corrected chi connectivity index (χ4v) is 6.45. The van der Waals surface area contributed by atoms with Crippen molar-refractivity contribution in [2.24, 2.45) is 0 Å². The van der Waals surface area contributed by atoms with E-state index in [-0.39, 0.29) is 22.3 Å². The summed E-state index contributed by atoms with van der Waals surface area (Å²) in [5, 5.41) is 3.39. The topological polar surface area (TPSA) is 41.1 Å². The lowest BCUT2D eigenvalue weighted by Crippen LogP contribution is -2.76. The predicted molar refractivity (Wildman–Crippen MR) is 145 cm³/mol. The maximum Gasteiger partial charge on any atom is 0.253 e. The van der Waals surface area contributed by atoms with Gasteiger partial charge in [0.1, 0.15) is 0 Å². The number of hydrogen-bond donors (Lipinski definition) is 2. The third kappa shape index (κ3) is 4.36. The van der Waals surface area contributed by atoms with E-state index < -0.39 is 0 Å². The molecule has 3 fully saturated rings. The highest BCUT2D eigenvalue weighted by atomic mass is 32.2. The Bertz CT molecular complexity index is 1180. The monoisotopic (exact) mass is 488 g/mol. The summed E-state index contributed by atoms with van der Waals surface area (Å²) < 4.78 is 3.48. The quantitative estimate of drug-likeness (QED) is 0.268. The van der Waals surface area contributed by atoms with Crippen LogP contribution in [0.1, 0.15) is 61.5 Å². The molecule has 0 unspecified atom stereocenters. The molecule has 2 N–H and O–H groups in total. The molecule has 1 amide bonds. The molecule has 3 aliphatic carbocycles. The number of thioether (sulfide) groups is 1. The SMILES string of the molecule is CSc1ccc(SNc2cc(C(C)(C)C)ccc2C(=O)NC23CC(c4ccccc4)(C2)C3)cc1. The minimum Gasteiger partial charge on any atom is -0.346 e. The molecule has 0 radical (unpaired) electrons. The Morgan fingerprint density at radius 1 is 0.882 bits per heavy atom. The second-order valence-corrected chi connectivity index (χ2v) is 12.6. The summed E-state index contributed by atoms with van der Waals surface area (Å²) in [7, 11) is 0. The van der Waals surface area contributed by atoms with E-state index in [9.17, 15) is 4.79 Å². The Balaban J connectivity index is 1.32. The van der Waals surface area contributed by atoms with Gasteiger partial charge in [0, 0.05) is 20.7 Å². The molecule has 0 aromatic heterocycles. The third-order valence-corrected chi connectivity index (χ3v) is 8.84. The number of nitrogens with one attached hydrogen (secondary N) is 2. The molecule has 0 heterocycles. The van der Waals surface area contributed by atoms with Gasteiger partial charge in [-0.05, 0) is 90.4 Å². The molecule has 3 saturated carbocycles. The highest BCUT2D eigenvalue weighted by Gasteiger charge is 2.68. The Morgan fingerprint density at radius 3 is 2.15 bits per heavy atom. The number of anilines is 1. The van der Waals surface area contributed by atoms with Gasteiger partial charge in [-0.1, -0.05) is 57.2 Å². The lowest BCUT2D eigenvalue weighted by Gasteiger charge is -2.71. The molecule has 6 rings (SSSR count). The van der Waals surface area contributed by atoms with Crippen molar-refractivity contribution in [3.8, 4) is 0 Å². The Hall–Kier alpha value is -2.37. The fourth-order valence-electron chi connectivity index (χ4n) is 5.38. The van der Waals surface area contributed by atoms with Crippen LogP contribution in [-0.4, -0.2) is 17.7 Å². The van der Waals surface area contributed by atoms with Crippen molar-refractivity contribution in [3.05, 3.63) is 89.5 Å². The summed E-state index contributed by atoms with van der Waals surface area (Å²) in [4.78, 5) is 15.8. The van der Waals surface area contributed by atoms with Crippen LogP contribution in [0.4, 0.5) is 5.69 Å². The van der Waals surface area contributed by atoms with Crippen LogP contribution in [0.3, 0.4) is 0 Å². The molecule has 3 aromatic rings. The molecule has 0 spiro atoms. The number of carbonyl (C=O) groups is 1. The molecule has 0 aliphatic heterocycles. The van der Waals surface area contributed by atoms with Crippen LogP contribution in [0, 0.1) is 0 Å². The van der Waals surface area contributed by atoms with Crippen LogP contribution in [-0.2, 0) is 10.8 Å². The van der Waals surface area contributed by atoms with E-state index in [0.717, 1.165) is 29.8 Å². The van der Waals surface area contributed by atoms with Gasteiger partial charge in [-0.3, -0.25) is 4.79 Å². The van der Waals surface area contributed by atoms with Crippen molar-refractivity contribution >= 4 is 35.3 Å². The number of benzene rings is 3. The molecule has 3 aliphatic rings. The Morgan fingerprint density at radius 2 is 1.53 bits per heavy atom. The zero-order chi connectivity index (χ0) is 24.0. The molecule has 3 aromatic carbocycles. The smallest absolute Gasteiger partial charge is 0.253 e. The molecular weight excluding hydrogens is 456 g/mol. The van der Waals surface area contributed by atoms with Gasteiger partial charge in [0.15, 0.2) is 0 Å². The molecule has 0 atom stereocenters. The molecule has 34 heavy (non-hydrogen) atoms.